The number of amides is 4. The Kier molecular flexibility index (Phi) is 7.41. The van der Waals surface area contributed by atoms with Crippen LogP contribution < -0.4 is 19.3 Å². The van der Waals surface area contributed by atoms with Crippen molar-refractivity contribution in [3.8, 4) is 11.5 Å². The van der Waals surface area contributed by atoms with E-state index in [1.807, 2.05) is 13.8 Å². The van der Waals surface area contributed by atoms with Gasteiger partial charge in [0.25, 0.3) is 11.8 Å². The summed E-state index contributed by atoms with van der Waals surface area (Å²) in [7, 11) is 1.48. The number of carbonyl (C=O) groups is 3. The summed E-state index contributed by atoms with van der Waals surface area (Å²) >= 11 is 6.50. The lowest BCUT2D eigenvalue weighted by atomic mass is 10.0. The minimum absolute atomic E-state index is 0.0908. The number of hydrogen-bond acceptors (Lipinski definition) is 5. The molecule has 184 valence electrons. The Labute approximate surface area is 214 Å². The van der Waals surface area contributed by atoms with E-state index in [1.165, 1.54) is 13.2 Å². The van der Waals surface area contributed by atoms with Gasteiger partial charge in [0.2, 0.25) is 0 Å². The van der Waals surface area contributed by atoms with Gasteiger partial charge in [0.15, 0.2) is 11.5 Å². The highest BCUT2D eigenvalue weighted by Gasteiger charge is 2.43. The normalized spacial score (nSPS) is 14.7. The maximum atomic E-state index is 13.5. The van der Waals surface area contributed by atoms with Crippen molar-refractivity contribution in [2.45, 2.75) is 26.4 Å². The number of hydrogen-bond donors (Lipinski definition) is 0. The van der Waals surface area contributed by atoms with Crippen molar-refractivity contribution in [2.75, 3.05) is 16.9 Å². The first-order chi connectivity index (χ1) is 17.3. The van der Waals surface area contributed by atoms with Gasteiger partial charge >= 0.3 is 6.03 Å². The molecule has 36 heavy (non-hydrogen) atoms. The summed E-state index contributed by atoms with van der Waals surface area (Å²) in [6.07, 6.45) is 2.09. The zero-order chi connectivity index (χ0) is 25.8. The summed E-state index contributed by atoms with van der Waals surface area (Å²) in [5, 5.41) is 0.271. The Morgan fingerprint density at radius 3 is 1.89 bits per heavy atom. The summed E-state index contributed by atoms with van der Waals surface area (Å²) in [5.41, 5.74) is 0.941. The lowest BCUT2D eigenvalue weighted by Gasteiger charge is -2.34. The molecule has 1 fully saturated rings. The van der Waals surface area contributed by atoms with E-state index in [9.17, 15) is 14.4 Å². The van der Waals surface area contributed by atoms with Crippen LogP contribution in [0.25, 0.3) is 6.08 Å². The number of rotatable bonds is 7. The smallest absolute Gasteiger partial charge is 0.343 e. The van der Waals surface area contributed by atoms with Gasteiger partial charge in [-0.25, -0.2) is 14.6 Å². The van der Waals surface area contributed by atoms with Gasteiger partial charge in [-0.2, -0.15) is 0 Å². The molecule has 3 aromatic rings. The lowest BCUT2D eigenvalue weighted by Crippen LogP contribution is -2.57. The van der Waals surface area contributed by atoms with E-state index in [0.717, 1.165) is 16.2 Å². The van der Waals surface area contributed by atoms with E-state index in [2.05, 4.69) is 0 Å². The zero-order valence-electron chi connectivity index (χ0n) is 20.1. The van der Waals surface area contributed by atoms with Gasteiger partial charge in [-0.05, 0) is 61.4 Å². The van der Waals surface area contributed by atoms with E-state index in [4.69, 9.17) is 21.1 Å². The predicted octanol–water partition coefficient (Wildman–Crippen LogP) is 6.11. The van der Waals surface area contributed by atoms with Crippen LogP contribution in [-0.4, -0.2) is 31.1 Å². The van der Waals surface area contributed by atoms with Crippen molar-refractivity contribution in [2.24, 2.45) is 0 Å². The maximum Gasteiger partial charge on any atom is 0.343 e. The van der Waals surface area contributed by atoms with Crippen LogP contribution in [0.1, 0.15) is 25.8 Å². The monoisotopic (exact) mass is 504 g/mol. The second-order valence-corrected chi connectivity index (χ2v) is 8.57. The van der Waals surface area contributed by atoms with Gasteiger partial charge in [0, 0.05) is 0 Å². The zero-order valence-corrected chi connectivity index (χ0v) is 20.9. The topological polar surface area (TPSA) is 76.2 Å². The van der Waals surface area contributed by atoms with Crippen molar-refractivity contribution >= 4 is 46.9 Å². The number of urea groups is 1. The third kappa shape index (κ3) is 4.83. The average molecular weight is 505 g/mol. The second kappa shape index (κ2) is 10.7. The van der Waals surface area contributed by atoms with Crippen LogP contribution in [0, 0.1) is 0 Å². The second-order valence-electron chi connectivity index (χ2n) is 8.16. The molecule has 1 aliphatic heterocycles. The first-order valence-electron chi connectivity index (χ1n) is 11.4. The fourth-order valence-corrected chi connectivity index (χ4v) is 3.99. The third-order valence-electron chi connectivity index (χ3n) is 5.74. The maximum absolute atomic E-state index is 13.5. The fourth-order valence-electron chi connectivity index (χ4n) is 3.73. The van der Waals surface area contributed by atoms with Crippen molar-refractivity contribution in [3.63, 3.8) is 0 Å². The molecule has 0 saturated carbocycles. The fraction of sp³-hybridized carbons (Fsp3) is 0.179. The third-order valence-corrected chi connectivity index (χ3v) is 6.02. The molecule has 1 aliphatic rings. The molecule has 4 rings (SSSR count). The molecule has 7 nitrogen and oxygen atoms in total. The summed E-state index contributed by atoms with van der Waals surface area (Å²) in [5.74, 6) is -0.734. The van der Waals surface area contributed by atoms with Crippen LogP contribution in [0.3, 0.4) is 0 Å². The molecule has 8 heteroatoms. The minimum Gasteiger partial charge on any atom is -0.493 e. The van der Waals surface area contributed by atoms with Gasteiger partial charge in [-0.1, -0.05) is 54.9 Å². The van der Waals surface area contributed by atoms with Crippen molar-refractivity contribution < 1.29 is 23.9 Å². The van der Waals surface area contributed by atoms with E-state index in [0.29, 0.717) is 28.4 Å². The average Bonchev–Trinajstić information content (AvgIpc) is 2.89. The van der Waals surface area contributed by atoms with Gasteiger partial charge in [-0.15, -0.1) is 0 Å². The molecule has 0 bridgehead atoms. The van der Waals surface area contributed by atoms with Gasteiger partial charge in [-0.3, -0.25) is 9.59 Å². The molecule has 1 atom stereocenters. The molecule has 4 amide bonds. The Morgan fingerprint density at radius 2 is 1.42 bits per heavy atom. The molecular weight excluding hydrogens is 480 g/mol. The Balaban J connectivity index is 1.83. The van der Waals surface area contributed by atoms with Crippen LogP contribution >= 0.6 is 11.6 Å². The van der Waals surface area contributed by atoms with Gasteiger partial charge in [0.1, 0.15) is 5.57 Å². The first-order valence-corrected chi connectivity index (χ1v) is 11.8. The number of barbiturate groups is 1. The number of imide groups is 2. The number of nitrogens with zero attached hydrogens (tertiary/aromatic N) is 2. The Bertz CT molecular complexity index is 1260. The molecule has 0 N–H and O–H groups in total. The predicted molar refractivity (Wildman–Crippen MR) is 140 cm³/mol. The molecule has 0 aromatic heterocycles. The Hall–Kier alpha value is -4.10. The van der Waals surface area contributed by atoms with Crippen LogP contribution in [-0.2, 0) is 9.59 Å². The highest BCUT2D eigenvalue weighted by atomic mass is 35.5. The number of carbonyl (C=O) groups excluding carboxylic acids is 3. The molecule has 0 aliphatic carbocycles. The molecule has 0 unspecified atom stereocenters. The number of benzene rings is 3. The quantitative estimate of drug-likeness (QED) is 0.286. The lowest BCUT2D eigenvalue weighted by molar-refractivity contribution is -0.121. The molecule has 3 aromatic carbocycles. The standard InChI is InChI=1S/C28H25ClN2O5/c1-4-18(2)36-25-23(29)16-19(17-24(25)35-3)15-22-26(32)30(20-11-7-5-8-12-20)28(34)31(27(22)33)21-13-9-6-10-14-21/h5-18H,4H2,1-3H3/t18-/m0/s1. The van der Waals surface area contributed by atoms with E-state index >= 15 is 0 Å². The van der Waals surface area contributed by atoms with E-state index < -0.39 is 17.8 Å². The summed E-state index contributed by atoms with van der Waals surface area (Å²) in [4.78, 5) is 42.4. The minimum atomic E-state index is -0.757. The summed E-state index contributed by atoms with van der Waals surface area (Å²) in [6, 6.07) is 19.4. The number of ether oxygens (including phenoxy) is 2. The van der Waals surface area contributed by atoms with Gasteiger partial charge in [0.05, 0.1) is 29.6 Å². The largest absolute Gasteiger partial charge is 0.493 e. The number of anilines is 2. The highest BCUT2D eigenvalue weighted by Crippen LogP contribution is 2.38. The van der Waals surface area contributed by atoms with E-state index in [-0.39, 0.29) is 16.7 Å². The Morgan fingerprint density at radius 1 is 0.889 bits per heavy atom. The SMILES string of the molecule is CC[C@H](C)Oc1c(Cl)cc(C=C2C(=O)N(c3ccccc3)C(=O)N(c3ccccc3)C2=O)cc1OC. The number of para-hydroxylation sites is 2. The number of halogens is 1. The van der Waals surface area contributed by atoms with Crippen LogP contribution in [0.5, 0.6) is 11.5 Å². The molecule has 0 radical (unpaired) electrons. The molecular formula is C28H25ClN2O5. The van der Waals surface area contributed by atoms with Gasteiger partial charge < -0.3 is 9.47 Å². The molecule has 0 spiro atoms. The molecule has 1 heterocycles. The van der Waals surface area contributed by atoms with Crippen molar-refractivity contribution in [1.82, 2.24) is 0 Å². The van der Waals surface area contributed by atoms with Crippen LogP contribution in [0.4, 0.5) is 16.2 Å². The first kappa shape index (κ1) is 25.0. The van der Waals surface area contributed by atoms with Crippen LogP contribution in [0.15, 0.2) is 78.4 Å². The summed E-state index contributed by atoms with van der Waals surface area (Å²) < 4.78 is 11.4. The van der Waals surface area contributed by atoms with Crippen molar-refractivity contribution in [1.29, 1.82) is 0 Å². The summed E-state index contributed by atoms with van der Waals surface area (Å²) in [6.45, 7) is 3.90. The van der Waals surface area contributed by atoms with Crippen LogP contribution in [0.2, 0.25) is 5.02 Å². The highest BCUT2D eigenvalue weighted by molar-refractivity contribution is 6.46. The molecule has 1 saturated heterocycles. The number of methoxy groups -OCH3 is 1. The van der Waals surface area contributed by atoms with E-state index in [1.54, 1.807) is 72.8 Å². The van der Waals surface area contributed by atoms with Crippen molar-refractivity contribution in [3.05, 3.63) is 89.0 Å².